The van der Waals surface area contributed by atoms with Crippen molar-refractivity contribution in [2.24, 2.45) is 0 Å². The van der Waals surface area contributed by atoms with Crippen LogP contribution >= 0.6 is 11.3 Å². The summed E-state index contributed by atoms with van der Waals surface area (Å²) < 4.78 is 5.73. The van der Waals surface area contributed by atoms with Gasteiger partial charge in [-0.3, -0.25) is 0 Å². The zero-order chi connectivity index (χ0) is 13.1. The van der Waals surface area contributed by atoms with E-state index in [1.54, 1.807) is 11.3 Å². The molecule has 2 aromatic rings. The summed E-state index contributed by atoms with van der Waals surface area (Å²) in [5, 5.41) is 10.3. The molecule has 1 aromatic carbocycles. The summed E-state index contributed by atoms with van der Waals surface area (Å²) in [5.41, 5.74) is 3.00. The summed E-state index contributed by atoms with van der Waals surface area (Å²) in [5.74, 6) is 0.730. The second kappa shape index (κ2) is 5.50. The van der Waals surface area contributed by atoms with E-state index in [0.717, 1.165) is 27.6 Å². The van der Waals surface area contributed by atoms with E-state index < -0.39 is 0 Å². The van der Waals surface area contributed by atoms with Crippen LogP contribution in [0.4, 0.5) is 0 Å². The molecule has 4 heteroatoms. The average Bonchev–Trinajstić information content (AvgIpc) is 2.67. The fourth-order valence-corrected chi connectivity index (χ4v) is 2.56. The zero-order valence-corrected chi connectivity index (χ0v) is 11.7. The normalized spacial score (nSPS) is 10.7. The molecule has 0 aliphatic heterocycles. The topological polar surface area (TPSA) is 42.4 Å². The van der Waals surface area contributed by atoms with Crippen molar-refractivity contribution in [3.05, 3.63) is 44.9 Å². The van der Waals surface area contributed by atoms with Crippen LogP contribution < -0.4 is 4.74 Å². The third-order valence-corrected chi connectivity index (χ3v) is 3.86. The number of aliphatic hydroxyl groups is 1. The smallest absolute Gasteiger partial charge is 0.140 e. The summed E-state index contributed by atoms with van der Waals surface area (Å²) in [7, 11) is 0. The molecule has 0 atom stereocenters. The minimum absolute atomic E-state index is 0.00701. The maximum Gasteiger partial charge on any atom is 0.140 e. The van der Waals surface area contributed by atoms with Gasteiger partial charge in [-0.2, -0.15) is 0 Å². The molecule has 0 fully saturated rings. The highest BCUT2D eigenvalue weighted by Crippen LogP contribution is 2.23. The summed E-state index contributed by atoms with van der Waals surface area (Å²) in [6.45, 7) is 6.50. The zero-order valence-electron chi connectivity index (χ0n) is 10.9. The molecular weight excluding hydrogens is 246 g/mol. The molecule has 1 aromatic heterocycles. The summed E-state index contributed by atoms with van der Waals surface area (Å²) in [4.78, 5) is 5.65. The van der Waals surface area contributed by atoms with Gasteiger partial charge in [0.05, 0.1) is 12.3 Å². The number of aromatic nitrogens is 1. The van der Waals surface area contributed by atoms with E-state index in [4.69, 9.17) is 4.74 Å². The monoisotopic (exact) mass is 263 g/mol. The van der Waals surface area contributed by atoms with E-state index in [1.165, 1.54) is 4.88 Å². The number of nitrogens with zero attached hydrogens (tertiary/aromatic N) is 1. The van der Waals surface area contributed by atoms with E-state index in [2.05, 4.69) is 11.9 Å². The number of hydrogen-bond donors (Lipinski definition) is 1. The minimum atomic E-state index is -0.00701. The van der Waals surface area contributed by atoms with Crippen LogP contribution in [-0.2, 0) is 13.2 Å². The first-order valence-electron chi connectivity index (χ1n) is 5.86. The van der Waals surface area contributed by atoms with Crippen LogP contribution in [0.3, 0.4) is 0 Å². The Balaban J connectivity index is 2.10. The molecule has 0 radical (unpaired) electrons. The lowest BCUT2D eigenvalue weighted by molar-refractivity contribution is 0.258. The second-order valence-electron chi connectivity index (χ2n) is 4.31. The number of thiazole rings is 1. The third kappa shape index (κ3) is 2.89. The standard InChI is InChI=1S/C14H17NO2S/c1-9-4-5-13(12(6-9)7-16)17-8-14-15-10(2)11(3)18-14/h4-6,16H,7-8H2,1-3H3. The van der Waals surface area contributed by atoms with E-state index in [0.29, 0.717) is 6.61 Å². The van der Waals surface area contributed by atoms with Gasteiger partial charge in [-0.15, -0.1) is 11.3 Å². The molecule has 1 heterocycles. The maximum atomic E-state index is 9.30. The van der Waals surface area contributed by atoms with E-state index in [-0.39, 0.29) is 6.61 Å². The van der Waals surface area contributed by atoms with Crippen molar-refractivity contribution in [2.45, 2.75) is 34.0 Å². The molecule has 0 saturated heterocycles. The fraction of sp³-hybridized carbons (Fsp3) is 0.357. The highest BCUT2D eigenvalue weighted by atomic mass is 32.1. The first kappa shape index (κ1) is 13.1. The summed E-state index contributed by atoms with van der Waals surface area (Å²) >= 11 is 1.65. The van der Waals surface area contributed by atoms with Crippen LogP contribution in [0.5, 0.6) is 5.75 Å². The van der Waals surface area contributed by atoms with Crippen LogP contribution in [0.2, 0.25) is 0 Å². The van der Waals surface area contributed by atoms with Crippen LogP contribution in [-0.4, -0.2) is 10.1 Å². The Morgan fingerprint density at radius 1 is 1.28 bits per heavy atom. The lowest BCUT2D eigenvalue weighted by Gasteiger charge is -2.09. The first-order chi connectivity index (χ1) is 8.60. The van der Waals surface area contributed by atoms with Gasteiger partial charge in [-0.1, -0.05) is 17.7 Å². The first-order valence-corrected chi connectivity index (χ1v) is 6.68. The number of aryl methyl sites for hydroxylation is 3. The second-order valence-corrected chi connectivity index (χ2v) is 5.59. The predicted octanol–water partition coefficient (Wildman–Crippen LogP) is 3.14. The van der Waals surface area contributed by atoms with Crippen molar-refractivity contribution in [3.8, 4) is 5.75 Å². The van der Waals surface area contributed by atoms with Crippen LogP contribution in [0.25, 0.3) is 0 Å². The SMILES string of the molecule is Cc1ccc(OCc2nc(C)c(C)s2)c(CO)c1. The molecule has 1 N–H and O–H groups in total. The highest BCUT2D eigenvalue weighted by Gasteiger charge is 2.07. The largest absolute Gasteiger partial charge is 0.486 e. The quantitative estimate of drug-likeness (QED) is 0.921. The molecule has 0 saturated carbocycles. The summed E-state index contributed by atoms with van der Waals surface area (Å²) in [6, 6.07) is 5.81. The van der Waals surface area contributed by atoms with Crippen LogP contribution in [0.1, 0.15) is 26.7 Å². The van der Waals surface area contributed by atoms with Gasteiger partial charge in [0.15, 0.2) is 0 Å². The Bertz CT molecular complexity index is 529. The Kier molecular flexibility index (Phi) is 3.99. The number of hydrogen-bond acceptors (Lipinski definition) is 4. The van der Waals surface area contributed by atoms with Crippen molar-refractivity contribution in [2.75, 3.05) is 0 Å². The van der Waals surface area contributed by atoms with Crippen molar-refractivity contribution in [1.29, 1.82) is 0 Å². The summed E-state index contributed by atoms with van der Waals surface area (Å²) in [6.07, 6.45) is 0. The molecule has 2 rings (SSSR count). The van der Waals surface area contributed by atoms with Gasteiger partial charge in [0.2, 0.25) is 0 Å². The van der Waals surface area contributed by atoms with Gasteiger partial charge >= 0.3 is 0 Å². The Morgan fingerprint density at radius 3 is 2.67 bits per heavy atom. The molecule has 0 unspecified atom stereocenters. The number of benzene rings is 1. The maximum absolute atomic E-state index is 9.30. The number of aliphatic hydroxyl groups excluding tert-OH is 1. The molecule has 0 bridgehead atoms. The third-order valence-electron chi connectivity index (χ3n) is 2.81. The molecule has 0 spiro atoms. The predicted molar refractivity (Wildman–Crippen MR) is 73.0 cm³/mol. The van der Waals surface area contributed by atoms with Crippen LogP contribution in [0, 0.1) is 20.8 Å². The van der Waals surface area contributed by atoms with Crippen molar-refractivity contribution in [3.63, 3.8) is 0 Å². The minimum Gasteiger partial charge on any atom is -0.486 e. The molecule has 96 valence electrons. The lowest BCUT2D eigenvalue weighted by atomic mass is 10.1. The number of ether oxygens (including phenoxy) is 1. The van der Waals surface area contributed by atoms with E-state index >= 15 is 0 Å². The van der Waals surface area contributed by atoms with Gasteiger partial charge in [-0.25, -0.2) is 4.98 Å². The van der Waals surface area contributed by atoms with Gasteiger partial charge < -0.3 is 9.84 Å². The van der Waals surface area contributed by atoms with Crippen molar-refractivity contribution < 1.29 is 9.84 Å². The molecular formula is C14H17NO2S. The van der Waals surface area contributed by atoms with Gasteiger partial charge in [0.25, 0.3) is 0 Å². The Morgan fingerprint density at radius 2 is 2.06 bits per heavy atom. The number of rotatable bonds is 4. The van der Waals surface area contributed by atoms with Crippen LogP contribution in [0.15, 0.2) is 18.2 Å². The van der Waals surface area contributed by atoms with Crippen molar-refractivity contribution >= 4 is 11.3 Å². The van der Waals surface area contributed by atoms with Gasteiger partial charge in [0, 0.05) is 10.4 Å². The van der Waals surface area contributed by atoms with E-state index in [1.807, 2.05) is 32.0 Å². The van der Waals surface area contributed by atoms with Crippen molar-refractivity contribution in [1.82, 2.24) is 4.98 Å². The molecule has 0 amide bonds. The highest BCUT2D eigenvalue weighted by molar-refractivity contribution is 7.11. The van der Waals surface area contributed by atoms with Gasteiger partial charge in [-0.05, 0) is 26.8 Å². The Hall–Kier alpha value is -1.39. The molecule has 18 heavy (non-hydrogen) atoms. The average molecular weight is 263 g/mol. The molecule has 3 nitrogen and oxygen atoms in total. The van der Waals surface area contributed by atoms with E-state index in [9.17, 15) is 5.11 Å². The Labute approximate surface area is 111 Å². The fourth-order valence-electron chi connectivity index (χ4n) is 1.71. The molecule has 0 aliphatic rings. The molecule has 0 aliphatic carbocycles. The lowest BCUT2D eigenvalue weighted by Crippen LogP contribution is -1.99. The van der Waals surface area contributed by atoms with Gasteiger partial charge in [0.1, 0.15) is 17.4 Å².